The molecule has 0 radical (unpaired) electrons. The Morgan fingerprint density at radius 1 is 0.947 bits per heavy atom. The monoisotopic (exact) mass is 273 g/mol. The third kappa shape index (κ3) is 4.09. The third-order valence-electron chi connectivity index (χ3n) is 3.47. The zero-order chi connectivity index (χ0) is 13.7. The highest BCUT2D eigenvalue weighted by atomic mass is 35.5. The molecule has 2 aromatic carbocycles. The Kier molecular flexibility index (Phi) is 5.00. The highest BCUT2D eigenvalue weighted by Crippen LogP contribution is 2.19. The molecule has 100 valence electrons. The molecule has 1 unspecified atom stereocenters. The lowest BCUT2D eigenvalue weighted by Crippen LogP contribution is -2.11. The summed E-state index contributed by atoms with van der Waals surface area (Å²) >= 11 is 5.88. The molecule has 0 aromatic heterocycles. The van der Waals surface area contributed by atoms with Crippen molar-refractivity contribution >= 4 is 11.6 Å². The van der Waals surface area contributed by atoms with Crippen LogP contribution in [0.2, 0.25) is 5.02 Å². The largest absolute Gasteiger partial charge is 0.324 e. The van der Waals surface area contributed by atoms with Gasteiger partial charge in [-0.25, -0.2) is 0 Å². The van der Waals surface area contributed by atoms with Gasteiger partial charge < -0.3 is 5.73 Å². The molecule has 0 spiro atoms. The molecular weight excluding hydrogens is 254 g/mol. The van der Waals surface area contributed by atoms with Gasteiger partial charge in [-0.05, 0) is 48.1 Å². The molecular formula is C17H20ClN. The van der Waals surface area contributed by atoms with Crippen molar-refractivity contribution in [2.24, 2.45) is 5.73 Å². The van der Waals surface area contributed by atoms with Gasteiger partial charge in [0.25, 0.3) is 0 Å². The summed E-state index contributed by atoms with van der Waals surface area (Å²) in [6, 6.07) is 16.7. The quantitative estimate of drug-likeness (QED) is 0.851. The van der Waals surface area contributed by atoms with Crippen molar-refractivity contribution in [1.29, 1.82) is 0 Å². The van der Waals surface area contributed by atoms with E-state index in [9.17, 15) is 0 Å². The summed E-state index contributed by atoms with van der Waals surface area (Å²) in [6.07, 6.45) is 3.05. The zero-order valence-electron chi connectivity index (χ0n) is 11.3. The summed E-state index contributed by atoms with van der Waals surface area (Å²) in [6.45, 7) is 2.17. The maximum absolute atomic E-state index is 6.21. The second-order valence-corrected chi connectivity index (χ2v) is 5.30. The van der Waals surface area contributed by atoms with E-state index in [1.54, 1.807) is 0 Å². The topological polar surface area (TPSA) is 26.0 Å². The number of nitrogens with two attached hydrogens (primary N) is 1. The first kappa shape index (κ1) is 14.1. The number of rotatable bonds is 5. The van der Waals surface area contributed by atoms with Gasteiger partial charge in [0.1, 0.15) is 0 Å². The lowest BCUT2D eigenvalue weighted by Gasteiger charge is -2.12. The van der Waals surface area contributed by atoms with E-state index in [-0.39, 0.29) is 6.04 Å². The van der Waals surface area contributed by atoms with E-state index in [4.69, 9.17) is 17.3 Å². The Labute approximate surface area is 120 Å². The molecule has 2 heteroatoms. The molecule has 0 saturated heterocycles. The van der Waals surface area contributed by atoms with Crippen molar-refractivity contribution in [2.75, 3.05) is 0 Å². The first-order valence-corrected chi connectivity index (χ1v) is 7.15. The van der Waals surface area contributed by atoms with E-state index in [0.29, 0.717) is 0 Å². The Balaban J connectivity index is 1.92. The van der Waals surface area contributed by atoms with Crippen molar-refractivity contribution in [3.63, 3.8) is 0 Å². The highest BCUT2D eigenvalue weighted by molar-refractivity contribution is 6.30. The van der Waals surface area contributed by atoms with Crippen molar-refractivity contribution in [3.8, 4) is 0 Å². The second-order valence-electron chi connectivity index (χ2n) is 4.87. The summed E-state index contributed by atoms with van der Waals surface area (Å²) in [5, 5.41) is 0.756. The SMILES string of the molecule is CCc1ccc(CCC(N)c2ccc(Cl)cc2)cc1. The fourth-order valence-corrected chi connectivity index (χ4v) is 2.27. The van der Waals surface area contributed by atoms with Crippen LogP contribution in [0.4, 0.5) is 0 Å². The molecule has 0 fully saturated rings. The summed E-state index contributed by atoms with van der Waals surface area (Å²) in [7, 11) is 0. The minimum Gasteiger partial charge on any atom is -0.324 e. The van der Waals surface area contributed by atoms with Crippen LogP contribution in [0, 0.1) is 0 Å². The Hall–Kier alpha value is -1.31. The molecule has 0 heterocycles. The van der Waals surface area contributed by atoms with Crippen LogP contribution in [0.5, 0.6) is 0 Å². The van der Waals surface area contributed by atoms with Crippen molar-refractivity contribution in [3.05, 3.63) is 70.2 Å². The molecule has 0 saturated carbocycles. The first-order valence-electron chi connectivity index (χ1n) is 6.78. The van der Waals surface area contributed by atoms with E-state index in [0.717, 1.165) is 29.8 Å². The zero-order valence-corrected chi connectivity index (χ0v) is 12.0. The van der Waals surface area contributed by atoms with Gasteiger partial charge in [0.15, 0.2) is 0 Å². The van der Waals surface area contributed by atoms with Crippen molar-refractivity contribution < 1.29 is 0 Å². The molecule has 0 aliphatic rings. The summed E-state index contributed by atoms with van der Waals surface area (Å²) < 4.78 is 0. The minimum atomic E-state index is 0.0723. The average Bonchev–Trinajstić information content (AvgIpc) is 2.46. The average molecular weight is 274 g/mol. The van der Waals surface area contributed by atoms with E-state index in [1.165, 1.54) is 11.1 Å². The van der Waals surface area contributed by atoms with Crippen LogP contribution in [-0.2, 0) is 12.8 Å². The molecule has 0 amide bonds. The van der Waals surface area contributed by atoms with Crippen molar-refractivity contribution in [1.82, 2.24) is 0 Å². The standard InChI is InChI=1S/C17H20ClN/c1-2-13-3-5-14(6-4-13)7-12-17(19)15-8-10-16(18)11-9-15/h3-6,8-11,17H,2,7,12,19H2,1H3. The van der Waals surface area contributed by atoms with E-state index in [1.807, 2.05) is 24.3 Å². The Morgan fingerprint density at radius 2 is 1.53 bits per heavy atom. The number of benzene rings is 2. The van der Waals surface area contributed by atoms with Gasteiger partial charge in [-0.15, -0.1) is 0 Å². The molecule has 2 rings (SSSR count). The van der Waals surface area contributed by atoms with Gasteiger partial charge in [0.2, 0.25) is 0 Å². The maximum Gasteiger partial charge on any atom is 0.0406 e. The van der Waals surface area contributed by atoms with E-state index < -0.39 is 0 Å². The van der Waals surface area contributed by atoms with Gasteiger partial charge in [-0.1, -0.05) is 54.9 Å². The van der Waals surface area contributed by atoms with Crippen LogP contribution in [-0.4, -0.2) is 0 Å². The lowest BCUT2D eigenvalue weighted by molar-refractivity contribution is 0.651. The normalized spacial score (nSPS) is 12.4. The predicted octanol–water partition coefficient (Wildman–Crippen LogP) is 4.54. The summed E-state index contributed by atoms with van der Waals surface area (Å²) in [5.41, 5.74) is 10.1. The van der Waals surface area contributed by atoms with Gasteiger partial charge in [-0.3, -0.25) is 0 Å². The molecule has 0 aliphatic heterocycles. The molecule has 1 atom stereocenters. The van der Waals surface area contributed by atoms with Gasteiger partial charge in [0.05, 0.1) is 0 Å². The smallest absolute Gasteiger partial charge is 0.0406 e. The van der Waals surface area contributed by atoms with Gasteiger partial charge in [0, 0.05) is 11.1 Å². The lowest BCUT2D eigenvalue weighted by atomic mass is 9.99. The molecule has 0 aliphatic carbocycles. The Morgan fingerprint density at radius 3 is 2.11 bits per heavy atom. The number of halogens is 1. The predicted molar refractivity (Wildman–Crippen MR) is 82.5 cm³/mol. The molecule has 2 aromatic rings. The fraction of sp³-hybridized carbons (Fsp3) is 0.294. The minimum absolute atomic E-state index is 0.0723. The van der Waals surface area contributed by atoms with Crippen LogP contribution < -0.4 is 5.73 Å². The summed E-state index contributed by atoms with van der Waals surface area (Å²) in [4.78, 5) is 0. The molecule has 0 bridgehead atoms. The molecule has 1 nitrogen and oxygen atoms in total. The number of hydrogen-bond acceptors (Lipinski definition) is 1. The highest BCUT2D eigenvalue weighted by Gasteiger charge is 2.06. The van der Waals surface area contributed by atoms with Crippen molar-refractivity contribution in [2.45, 2.75) is 32.2 Å². The van der Waals surface area contributed by atoms with Crippen LogP contribution in [0.15, 0.2) is 48.5 Å². The van der Waals surface area contributed by atoms with Crippen LogP contribution in [0.1, 0.15) is 36.1 Å². The van der Waals surface area contributed by atoms with Crippen LogP contribution in [0.3, 0.4) is 0 Å². The number of aryl methyl sites for hydroxylation is 2. The van der Waals surface area contributed by atoms with E-state index in [2.05, 4.69) is 31.2 Å². The maximum atomic E-state index is 6.21. The van der Waals surface area contributed by atoms with Gasteiger partial charge >= 0.3 is 0 Å². The van der Waals surface area contributed by atoms with Crippen LogP contribution in [0.25, 0.3) is 0 Å². The van der Waals surface area contributed by atoms with Crippen LogP contribution >= 0.6 is 11.6 Å². The first-order chi connectivity index (χ1) is 9.19. The fourth-order valence-electron chi connectivity index (χ4n) is 2.14. The third-order valence-corrected chi connectivity index (χ3v) is 3.73. The Bertz CT molecular complexity index is 502. The van der Waals surface area contributed by atoms with Gasteiger partial charge in [-0.2, -0.15) is 0 Å². The molecule has 19 heavy (non-hydrogen) atoms. The molecule has 2 N–H and O–H groups in total. The summed E-state index contributed by atoms with van der Waals surface area (Å²) in [5.74, 6) is 0. The second kappa shape index (κ2) is 6.74. The number of hydrogen-bond donors (Lipinski definition) is 1. The van der Waals surface area contributed by atoms with E-state index >= 15 is 0 Å².